The Morgan fingerprint density at radius 3 is 2.85 bits per heavy atom. The zero-order valence-electron chi connectivity index (χ0n) is 10.2. The van der Waals surface area contributed by atoms with Crippen LogP contribution in [0.15, 0.2) is 39.4 Å². The van der Waals surface area contributed by atoms with Crippen molar-refractivity contribution in [1.82, 2.24) is 0 Å². The van der Waals surface area contributed by atoms with Gasteiger partial charge in [0.25, 0.3) is 11.6 Å². The predicted molar refractivity (Wildman–Crippen MR) is 74.9 cm³/mol. The summed E-state index contributed by atoms with van der Waals surface area (Å²) >= 11 is 3.24. The monoisotopic (exact) mass is 336 g/mol. The second-order valence-electron chi connectivity index (χ2n) is 4.34. The van der Waals surface area contributed by atoms with E-state index in [0.717, 1.165) is 0 Å². The zero-order valence-corrected chi connectivity index (χ0v) is 11.8. The van der Waals surface area contributed by atoms with Crippen LogP contribution in [0.1, 0.15) is 16.1 Å². The number of halogens is 1. The van der Waals surface area contributed by atoms with Crippen LogP contribution in [0.25, 0.3) is 0 Å². The van der Waals surface area contributed by atoms with Gasteiger partial charge in [0.1, 0.15) is 0 Å². The molecule has 0 saturated carbocycles. The maximum Gasteiger partial charge on any atom is 0.295 e. The summed E-state index contributed by atoms with van der Waals surface area (Å²) in [6.07, 6.45) is 1.89. The van der Waals surface area contributed by atoms with Crippen LogP contribution in [0.4, 0.5) is 11.4 Å². The van der Waals surface area contributed by atoms with E-state index in [0.29, 0.717) is 28.7 Å². The number of anilines is 1. The van der Waals surface area contributed by atoms with Crippen LogP contribution >= 0.6 is 15.9 Å². The highest BCUT2D eigenvalue weighted by Crippen LogP contribution is 2.36. The maximum atomic E-state index is 12.4. The molecule has 1 aromatic carbocycles. The molecule has 1 amide bonds. The van der Waals surface area contributed by atoms with Gasteiger partial charge in [0.15, 0.2) is 0 Å². The molecule has 0 fully saturated rings. The number of nitro groups is 1. The lowest BCUT2D eigenvalue weighted by atomic mass is 10.1. The average Bonchev–Trinajstić information content (AvgIpc) is 3.03. The lowest BCUT2D eigenvalue weighted by molar-refractivity contribution is -0.385. The molecule has 0 unspecified atom stereocenters. The molecule has 1 aliphatic heterocycles. The summed E-state index contributed by atoms with van der Waals surface area (Å²) in [7, 11) is 0. The molecule has 0 aliphatic carbocycles. The molecule has 0 atom stereocenters. The molecule has 1 aromatic heterocycles. The number of fused-ring (bicyclic) bond motifs is 1. The largest absolute Gasteiger partial charge is 0.458 e. The van der Waals surface area contributed by atoms with Crippen molar-refractivity contribution in [3.05, 3.63) is 56.4 Å². The first-order chi connectivity index (χ1) is 9.59. The lowest BCUT2D eigenvalue weighted by Gasteiger charge is -2.15. The molecule has 0 spiro atoms. The van der Waals surface area contributed by atoms with Crippen molar-refractivity contribution in [3.63, 3.8) is 0 Å². The van der Waals surface area contributed by atoms with Gasteiger partial charge in [-0.15, -0.1) is 0 Å². The number of nitro benzene ring substituents is 1. The molecule has 0 bridgehead atoms. The van der Waals surface area contributed by atoms with Crippen LogP contribution in [-0.2, 0) is 6.42 Å². The minimum absolute atomic E-state index is 0.0521. The van der Waals surface area contributed by atoms with Gasteiger partial charge in [-0.05, 0) is 34.5 Å². The molecule has 0 saturated heterocycles. The first kappa shape index (κ1) is 12.9. The maximum absolute atomic E-state index is 12.4. The second-order valence-corrected chi connectivity index (χ2v) is 5.19. The van der Waals surface area contributed by atoms with E-state index in [-0.39, 0.29) is 17.4 Å². The van der Waals surface area contributed by atoms with Crippen molar-refractivity contribution in [2.75, 3.05) is 11.4 Å². The second kappa shape index (κ2) is 4.75. The summed E-state index contributed by atoms with van der Waals surface area (Å²) in [5.74, 6) is -0.106. The number of benzene rings is 1. The first-order valence-corrected chi connectivity index (χ1v) is 6.70. The standard InChI is InChI=1S/C13H9BrN2O4/c14-9-5-7-20-12(9)13(17)15-6-4-8-10(15)2-1-3-11(8)16(18)19/h1-3,5,7H,4,6H2. The number of amides is 1. The molecular weight excluding hydrogens is 328 g/mol. The van der Waals surface area contributed by atoms with Crippen LogP contribution < -0.4 is 4.90 Å². The molecule has 2 heterocycles. The Balaban J connectivity index is 2.02. The number of carbonyl (C=O) groups is 1. The molecule has 0 N–H and O–H groups in total. The molecule has 7 heteroatoms. The third-order valence-corrected chi connectivity index (χ3v) is 3.88. The fourth-order valence-corrected chi connectivity index (χ4v) is 2.74. The average molecular weight is 337 g/mol. The van der Waals surface area contributed by atoms with Crippen molar-refractivity contribution >= 4 is 33.2 Å². The number of hydrogen-bond acceptors (Lipinski definition) is 4. The minimum atomic E-state index is -0.421. The zero-order chi connectivity index (χ0) is 14.3. The van der Waals surface area contributed by atoms with Gasteiger partial charge in [0.2, 0.25) is 5.76 Å². The Bertz CT molecular complexity index is 710. The van der Waals surface area contributed by atoms with Gasteiger partial charge in [-0.25, -0.2) is 0 Å². The van der Waals surface area contributed by atoms with Gasteiger partial charge >= 0.3 is 0 Å². The Kier molecular flexibility index (Phi) is 3.06. The Labute approximate surface area is 122 Å². The van der Waals surface area contributed by atoms with E-state index < -0.39 is 4.92 Å². The van der Waals surface area contributed by atoms with Crippen LogP contribution in [0.5, 0.6) is 0 Å². The molecule has 3 rings (SSSR count). The van der Waals surface area contributed by atoms with E-state index in [4.69, 9.17) is 4.42 Å². The quantitative estimate of drug-likeness (QED) is 0.623. The van der Waals surface area contributed by atoms with Gasteiger partial charge in [0, 0.05) is 12.6 Å². The van der Waals surface area contributed by atoms with Gasteiger partial charge in [-0.3, -0.25) is 14.9 Å². The molecule has 1 aliphatic rings. The summed E-state index contributed by atoms with van der Waals surface area (Å²) < 4.78 is 5.73. The number of nitrogens with zero attached hydrogens (tertiary/aromatic N) is 2. The Morgan fingerprint density at radius 2 is 2.20 bits per heavy atom. The molecule has 102 valence electrons. The van der Waals surface area contributed by atoms with Crippen molar-refractivity contribution in [2.45, 2.75) is 6.42 Å². The Hall–Kier alpha value is -2.15. The highest BCUT2D eigenvalue weighted by atomic mass is 79.9. The van der Waals surface area contributed by atoms with Crippen LogP contribution in [-0.4, -0.2) is 17.4 Å². The SMILES string of the molecule is O=C(c1occc1Br)N1CCc2c1cccc2[N+](=O)[O-]. The highest BCUT2D eigenvalue weighted by molar-refractivity contribution is 9.10. The van der Waals surface area contributed by atoms with E-state index in [1.165, 1.54) is 17.2 Å². The van der Waals surface area contributed by atoms with E-state index >= 15 is 0 Å². The fraction of sp³-hybridized carbons (Fsp3) is 0.154. The Morgan fingerprint density at radius 1 is 1.40 bits per heavy atom. The van der Waals surface area contributed by atoms with Crippen molar-refractivity contribution in [2.24, 2.45) is 0 Å². The third-order valence-electron chi connectivity index (χ3n) is 3.26. The number of carbonyl (C=O) groups excluding carboxylic acids is 1. The van der Waals surface area contributed by atoms with Crippen molar-refractivity contribution < 1.29 is 14.1 Å². The van der Waals surface area contributed by atoms with Crippen LogP contribution in [0.3, 0.4) is 0 Å². The smallest absolute Gasteiger partial charge is 0.295 e. The summed E-state index contributed by atoms with van der Waals surface area (Å²) in [5, 5.41) is 11.0. The van der Waals surface area contributed by atoms with Gasteiger partial charge < -0.3 is 9.32 Å². The molecule has 20 heavy (non-hydrogen) atoms. The van der Waals surface area contributed by atoms with E-state index in [1.54, 1.807) is 18.2 Å². The van der Waals surface area contributed by atoms with E-state index in [2.05, 4.69) is 15.9 Å². The van der Waals surface area contributed by atoms with Crippen LogP contribution in [0, 0.1) is 10.1 Å². The number of furan rings is 1. The van der Waals surface area contributed by atoms with Crippen molar-refractivity contribution in [3.8, 4) is 0 Å². The van der Waals surface area contributed by atoms with Gasteiger partial charge in [-0.1, -0.05) is 6.07 Å². The lowest BCUT2D eigenvalue weighted by Crippen LogP contribution is -2.28. The predicted octanol–water partition coefficient (Wildman–Crippen LogP) is 3.15. The van der Waals surface area contributed by atoms with Gasteiger partial charge in [-0.2, -0.15) is 0 Å². The molecular formula is C13H9BrN2O4. The minimum Gasteiger partial charge on any atom is -0.458 e. The fourth-order valence-electron chi connectivity index (χ4n) is 2.37. The molecule has 6 nitrogen and oxygen atoms in total. The summed E-state index contributed by atoms with van der Waals surface area (Å²) in [6, 6.07) is 6.39. The molecule has 2 aromatic rings. The summed E-state index contributed by atoms with van der Waals surface area (Å²) in [4.78, 5) is 24.5. The molecule has 0 radical (unpaired) electrons. The van der Waals surface area contributed by atoms with Crippen LogP contribution in [0.2, 0.25) is 0 Å². The number of hydrogen-bond donors (Lipinski definition) is 0. The highest BCUT2D eigenvalue weighted by Gasteiger charge is 2.32. The number of rotatable bonds is 2. The van der Waals surface area contributed by atoms with Gasteiger partial charge in [0.05, 0.1) is 26.9 Å². The first-order valence-electron chi connectivity index (χ1n) is 5.90. The topological polar surface area (TPSA) is 76.6 Å². The summed E-state index contributed by atoms with van der Waals surface area (Å²) in [6.45, 7) is 0.409. The normalized spacial score (nSPS) is 13.3. The van der Waals surface area contributed by atoms with Crippen molar-refractivity contribution in [1.29, 1.82) is 0 Å². The third kappa shape index (κ3) is 1.90. The summed E-state index contributed by atoms with van der Waals surface area (Å²) in [5.41, 5.74) is 1.22. The van der Waals surface area contributed by atoms with E-state index in [9.17, 15) is 14.9 Å². The van der Waals surface area contributed by atoms with E-state index in [1.807, 2.05) is 0 Å².